The van der Waals surface area contributed by atoms with Crippen LogP contribution >= 0.6 is 12.2 Å². The fraction of sp³-hybridized carbons (Fsp3) is 0.727. The van der Waals surface area contributed by atoms with E-state index in [2.05, 4.69) is 10.2 Å². The van der Waals surface area contributed by atoms with Crippen molar-refractivity contribution in [1.82, 2.24) is 19.7 Å². The van der Waals surface area contributed by atoms with Crippen molar-refractivity contribution < 1.29 is 4.79 Å². The number of aromatic nitrogens is 3. The van der Waals surface area contributed by atoms with Crippen molar-refractivity contribution in [3.05, 3.63) is 10.6 Å². The van der Waals surface area contributed by atoms with E-state index in [4.69, 9.17) is 12.2 Å². The maximum Gasteiger partial charge on any atom is 0.242 e. The van der Waals surface area contributed by atoms with Crippen LogP contribution in [0.2, 0.25) is 0 Å². The zero-order valence-corrected chi connectivity index (χ0v) is 11.7. The highest BCUT2D eigenvalue weighted by Crippen LogP contribution is 2.11. The van der Waals surface area contributed by atoms with Gasteiger partial charge in [-0.25, -0.2) is 0 Å². The highest BCUT2D eigenvalue weighted by molar-refractivity contribution is 7.71. The number of H-pyrrole nitrogens is 1. The molecule has 0 aliphatic rings. The zero-order valence-electron chi connectivity index (χ0n) is 10.9. The van der Waals surface area contributed by atoms with E-state index in [1.54, 1.807) is 9.47 Å². The van der Waals surface area contributed by atoms with Crippen molar-refractivity contribution in [3.63, 3.8) is 0 Å². The summed E-state index contributed by atoms with van der Waals surface area (Å²) in [4.78, 5) is 13.8. The molecule has 0 aliphatic heterocycles. The molecule has 1 heterocycles. The van der Waals surface area contributed by atoms with Crippen LogP contribution in [0.15, 0.2) is 0 Å². The molecule has 0 saturated carbocycles. The summed E-state index contributed by atoms with van der Waals surface area (Å²) in [5, 5.41) is 6.90. The van der Waals surface area contributed by atoms with Crippen LogP contribution in [0.1, 0.15) is 39.4 Å². The molecule has 0 spiro atoms. The van der Waals surface area contributed by atoms with Gasteiger partial charge < -0.3 is 4.90 Å². The highest BCUT2D eigenvalue weighted by Gasteiger charge is 2.15. The van der Waals surface area contributed by atoms with Gasteiger partial charge >= 0.3 is 0 Å². The molecular weight excluding hydrogens is 236 g/mol. The third kappa shape index (κ3) is 3.15. The number of carbonyl (C=O) groups is 1. The van der Waals surface area contributed by atoms with E-state index in [1.807, 2.05) is 27.7 Å². The van der Waals surface area contributed by atoms with Gasteiger partial charge in [0.2, 0.25) is 5.91 Å². The van der Waals surface area contributed by atoms with Crippen molar-refractivity contribution in [1.29, 1.82) is 0 Å². The molecular formula is C11H20N4OS. The van der Waals surface area contributed by atoms with Gasteiger partial charge in [0, 0.05) is 19.0 Å². The van der Waals surface area contributed by atoms with Crippen LogP contribution in [0.3, 0.4) is 0 Å². The van der Waals surface area contributed by atoms with E-state index >= 15 is 0 Å². The standard InChI is InChI=1S/C11H20N4OS/c1-5-14(6-2)9(16)7-15-10(8(3)4)12-13-11(15)17/h8H,5-7H2,1-4H3,(H,13,17). The molecule has 0 aliphatic carbocycles. The van der Waals surface area contributed by atoms with Gasteiger partial charge in [-0.15, -0.1) is 0 Å². The van der Waals surface area contributed by atoms with Crippen molar-refractivity contribution in [2.45, 2.75) is 40.2 Å². The van der Waals surface area contributed by atoms with E-state index in [-0.39, 0.29) is 18.4 Å². The SMILES string of the molecule is CCN(CC)C(=O)Cn1c(C(C)C)n[nH]c1=S. The van der Waals surface area contributed by atoms with Gasteiger partial charge in [0.05, 0.1) is 0 Å². The Kier molecular flexibility index (Phi) is 4.86. The number of hydrogen-bond donors (Lipinski definition) is 1. The lowest BCUT2D eigenvalue weighted by molar-refractivity contribution is -0.131. The van der Waals surface area contributed by atoms with Crippen LogP contribution in [-0.4, -0.2) is 38.7 Å². The third-order valence-electron chi connectivity index (χ3n) is 2.71. The van der Waals surface area contributed by atoms with E-state index in [0.29, 0.717) is 4.77 Å². The maximum absolute atomic E-state index is 12.0. The number of nitrogens with one attached hydrogen (secondary N) is 1. The Morgan fingerprint density at radius 2 is 2.06 bits per heavy atom. The first kappa shape index (κ1) is 13.9. The lowest BCUT2D eigenvalue weighted by Crippen LogP contribution is -2.34. The quantitative estimate of drug-likeness (QED) is 0.819. The summed E-state index contributed by atoms with van der Waals surface area (Å²) in [6.45, 7) is 9.71. The summed E-state index contributed by atoms with van der Waals surface area (Å²) in [5.74, 6) is 1.15. The van der Waals surface area contributed by atoms with Crippen molar-refractivity contribution in [2.75, 3.05) is 13.1 Å². The first-order valence-electron chi connectivity index (χ1n) is 5.94. The fourth-order valence-electron chi connectivity index (χ4n) is 1.73. The van der Waals surface area contributed by atoms with Gasteiger partial charge in [-0.3, -0.25) is 14.5 Å². The zero-order chi connectivity index (χ0) is 13.0. The number of aromatic amines is 1. The molecule has 0 unspecified atom stereocenters. The predicted molar refractivity (Wildman–Crippen MR) is 69.4 cm³/mol. The molecule has 0 bridgehead atoms. The predicted octanol–water partition coefficient (Wildman–Crippen LogP) is 1.93. The van der Waals surface area contributed by atoms with Crippen LogP contribution in [0.5, 0.6) is 0 Å². The molecule has 0 atom stereocenters. The Labute approximate surface area is 107 Å². The highest BCUT2D eigenvalue weighted by atomic mass is 32.1. The summed E-state index contributed by atoms with van der Waals surface area (Å²) in [5.41, 5.74) is 0. The van der Waals surface area contributed by atoms with Gasteiger partial charge in [0.1, 0.15) is 12.4 Å². The van der Waals surface area contributed by atoms with Crippen LogP contribution < -0.4 is 0 Å². The first-order chi connectivity index (χ1) is 8.01. The number of amides is 1. The molecule has 1 aromatic rings. The summed E-state index contributed by atoms with van der Waals surface area (Å²) in [6, 6.07) is 0. The number of hydrogen-bond acceptors (Lipinski definition) is 3. The summed E-state index contributed by atoms with van der Waals surface area (Å²) in [7, 11) is 0. The lowest BCUT2D eigenvalue weighted by atomic mass is 10.2. The van der Waals surface area contributed by atoms with Crippen LogP contribution in [0, 0.1) is 4.77 Å². The second-order valence-electron chi connectivity index (χ2n) is 4.19. The number of carbonyl (C=O) groups excluding carboxylic acids is 1. The smallest absolute Gasteiger partial charge is 0.242 e. The van der Waals surface area contributed by atoms with E-state index < -0.39 is 0 Å². The minimum absolute atomic E-state index is 0.0781. The Balaban J connectivity index is 2.91. The molecule has 0 fully saturated rings. The second-order valence-corrected chi connectivity index (χ2v) is 4.58. The van der Waals surface area contributed by atoms with Gasteiger partial charge in [-0.1, -0.05) is 13.8 Å². The summed E-state index contributed by atoms with van der Waals surface area (Å²) in [6.07, 6.45) is 0. The molecule has 6 heteroatoms. The number of likely N-dealkylation sites (N-methyl/N-ethyl adjacent to an activating group) is 1. The Hall–Kier alpha value is -1.17. The molecule has 96 valence electrons. The first-order valence-corrected chi connectivity index (χ1v) is 6.34. The second kappa shape index (κ2) is 5.95. The third-order valence-corrected chi connectivity index (χ3v) is 3.03. The van der Waals surface area contributed by atoms with Crippen LogP contribution in [-0.2, 0) is 11.3 Å². The maximum atomic E-state index is 12.0. The molecule has 17 heavy (non-hydrogen) atoms. The average Bonchev–Trinajstić information content (AvgIpc) is 2.62. The van der Waals surface area contributed by atoms with Crippen LogP contribution in [0.4, 0.5) is 0 Å². The molecule has 1 amide bonds. The Bertz CT molecular complexity index is 431. The molecule has 1 N–H and O–H groups in total. The molecule has 0 saturated heterocycles. The average molecular weight is 256 g/mol. The lowest BCUT2D eigenvalue weighted by Gasteiger charge is -2.19. The Morgan fingerprint density at radius 1 is 1.47 bits per heavy atom. The van der Waals surface area contributed by atoms with Gasteiger partial charge in [0.25, 0.3) is 0 Å². The van der Waals surface area contributed by atoms with Crippen molar-refractivity contribution >= 4 is 18.1 Å². The summed E-state index contributed by atoms with van der Waals surface area (Å²) >= 11 is 5.14. The number of nitrogens with zero attached hydrogens (tertiary/aromatic N) is 3. The van der Waals surface area contributed by atoms with E-state index in [9.17, 15) is 4.79 Å². The molecule has 1 aromatic heterocycles. The van der Waals surface area contributed by atoms with Crippen molar-refractivity contribution in [3.8, 4) is 0 Å². The van der Waals surface area contributed by atoms with Gasteiger partial charge in [-0.2, -0.15) is 5.10 Å². The topological polar surface area (TPSA) is 53.9 Å². The normalized spacial score (nSPS) is 10.9. The molecule has 0 radical (unpaired) electrons. The van der Waals surface area contributed by atoms with E-state index in [0.717, 1.165) is 18.9 Å². The van der Waals surface area contributed by atoms with E-state index in [1.165, 1.54) is 0 Å². The minimum atomic E-state index is 0.0781. The minimum Gasteiger partial charge on any atom is -0.342 e. The monoisotopic (exact) mass is 256 g/mol. The summed E-state index contributed by atoms with van der Waals surface area (Å²) < 4.78 is 2.29. The fourth-order valence-corrected chi connectivity index (χ4v) is 1.94. The molecule has 0 aromatic carbocycles. The van der Waals surface area contributed by atoms with Gasteiger partial charge in [-0.05, 0) is 26.1 Å². The van der Waals surface area contributed by atoms with Gasteiger partial charge in [0.15, 0.2) is 4.77 Å². The molecule has 5 nitrogen and oxygen atoms in total. The largest absolute Gasteiger partial charge is 0.342 e. The van der Waals surface area contributed by atoms with Crippen LogP contribution in [0.25, 0.3) is 0 Å². The number of rotatable bonds is 5. The van der Waals surface area contributed by atoms with Crippen molar-refractivity contribution in [2.24, 2.45) is 0 Å². The Morgan fingerprint density at radius 3 is 2.53 bits per heavy atom. The molecule has 1 rings (SSSR count).